The van der Waals surface area contributed by atoms with E-state index in [0.29, 0.717) is 0 Å². The van der Waals surface area contributed by atoms with Crippen molar-refractivity contribution in [3.63, 3.8) is 0 Å². The fourth-order valence-corrected chi connectivity index (χ4v) is 4.38. The van der Waals surface area contributed by atoms with E-state index >= 15 is 0 Å². The second kappa shape index (κ2) is 5.13. The topological polar surface area (TPSA) is 35.2 Å². The van der Waals surface area contributed by atoms with Gasteiger partial charge in [0.05, 0.1) is 12.1 Å². The number of aryl methyl sites for hydroxylation is 1. The maximum atomic E-state index is 6.34. The van der Waals surface area contributed by atoms with Gasteiger partial charge < -0.3 is 10.5 Å². The number of rotatable bonds is 2. The molecular weight excluding hydrogens is 266 g/mol. The van der Waals surface area contributed by atoms with Crippen LogP contribution in [0.5, 0.6) is 5.75 Å². The lowest BCUT2D eigenvalue weighted by molar-refractivity contribution is 0.416. The van der Waals surface area contributed by atoms with Gasteiger partial charge in [-0.15, -0.1) is 11.3 Å². The molecule has 0 amide bonds. The number of hydrogen-bond acceptors (Lipinski definition) is 3. The molecule has 3 heteroatoms. The fraction of sp³-hybridized carbons (Fsp3) is 0.412. The van der Waals surface area contributed by atoms with Gasteiger partial charge in [0.1, 0.15) is 5.75 Å². The minimum Gasteiger partial charge on any atom is -0.496 e. The summed E-state index contributed by atoms with van der Waals surface area (Å²) >= 11 is 1.76. The lowest BCUT2D eigenvalue weighted by Crippen LogP contribution is -2.09. The molecule has 3 rings (SSSR count). The molecule has 1 aliphatic carbocycles. The number of nitrogens with two attached hydrogens (primary N) is 1. The van der Waals surface area contributed by atoms with Crippen molar-refractivity contribution >= 4 is 16.3 Å². The summed E-state index contributed by atoms with van der Waals surface area (Å²) in [5.74, 6) is 1.69. The second-order valence-electron chi connectivity index (χ2n) is 5.79. The van der Waals surface area contributed by atoms with Crippen LogP contribution in [0.2, 0.25) is 0 Å². The van der Waals surface area contributed by atoms with Gasteiger partial charge in [-0.1, -0.05) is 18.6 Å². The zero-order chi connectivity index (χ0) is 14.3. The maximum Gasteiger partial charge on any atom is 0.126 e. The largest absolute Gasteiger partial charge is 0.496 e. The molecule has 2 nitrogen and oxygen atoms in total. The van der Waals surface area contributed by atoms with Gasteiger partial charge in [-0.05, 0) is 49.8 Å². The van der Waals surface area contributed by atoms with Crippen LogP contribution in [-0.2, 0) is 12.8 Å². The van der Waals surface area contributed by atoms with Crippen LogP contribution in [0.4, 0.5) is 5.00 Å². The molecule has 1 unspecified atom stereocenters. The van der Waals surface area contributed by atoms with Gasteiger partial charge in [0, 0.05) is 16.0 Å². The Morgan fingerprint density at radius 1 is 1.35 bits per heavy atom. The molecular formula is C17H21NOS. The lowest BCUT2D eigenvalue weighted by Gasteiger charge is -2.19. The third-order valence-electron chi connectivity index (χ3n) is 4.16. The number of benzene rings is 1. The number of thiophene rings is 1. The van der Waals surface area contributed by atoms with Crippen LogP contribution in [0.3, 0.4) is 0 Å². The molecule has 0 saturated carbocycles. The number of methoxy groups -OCH3 is 1. The van der Waals surface area contributed by atoms with Gasteiger partial charge in [-0.2, -0.15) is 0 Å². The first-order chi connectivity index (χ1) is 9.60. The monoisotopic (exact) mass is 287 g/mol. The Hall–Kier alpha value is -1.48. The first-order valence-electron chi connectivity index (χ1n) is 7.15. The molecule has 1 aliphatic rings. The van der Waals surface area contributed by atoms with E-state index in [1.165, 1.54) is 34.4 Å². The summed E-state index contributed by atoms with van der Waals surface area (Å²) in [6.07, 6.45) is 3.55. The first-order valence-corrected chi connectivity index (χ1v) is 7.96. The summed E-state index contributed by atoms with van der Waals surface area (Å²) in [4.78, 5) is 1.47. The number of hydrogen-bond donors (Lipinski definition) is 1. The normalized spacial score (nSPS) is 17.9. The van der Waals surface area contributed by atoms with Crippen molar-refractivity contribution in [3.8, 4) is 16.9 Å². The molecule has 0 fully saturated rings. The summed E-state index contributed by atoms with van der Waals surface area (Å²) in [7, 11) is 1.73. The van der Waals surface area contributed by atoms with Crippen LogP contribution in [0.25, 0.3) is 11.1 Å². The van der Waals surface area contributed by atoms with Crippen molar-refractivity contribution in [2.45, 2.75) is 33.1 Å². The van der Waals surface area contributed by atoms with Crippen LogP contribution >= 0.6 is 11.3 Å². The van der Waals surface area contributed by atoms with Crippen LogP contribution < -0.4 is 10.5 Å². The Morgan fingerprint density at radius 3 is 2.90 bits per heavy atom. The lowest BCUT2D eigenvalue weighted by atomic mass is 9.86. The molecule has 1 atom stereocenters. The zero-order valence-corrected chi connectivity index (χ0v) is 13.1. The number of ether oxygens (including phenoxy) is 1. The molecule has 0 aliphatic heterocycles. The molecule has 0 bridgehead atoms. The third kappa shape index (κ3) is 2.20. The van der Waals surface area contributed by atoms with E-state index in [-0.39, 0.29) is 0 Å². The average Bonchev–Trinajstić information content (AvgIpc) is 2.73. The van der Waals surface area contributed by atoms with E-state index < -0.39 is 0 Å². The molecule has 2 N–H and O–H groups in total. The summed E-state index contributed by atoms with van der Waals surface area (Å²) < 4.78 is 5.54. The maximum absolute atomic E-state index is 6.34. The smallest absolute Gasteiger partial charge is 0.126 e. The van der Waals surface area contributed by atoms with Gasteiger partial charge in [-0.25, -0.2) is 0 Å². The molecule has 0 radical (unpaired) electrons. The molecule has 0 saturated heterocycles. The van der Waals surface area contributed by atoms with Crippen LogP contribution in [0, 0.1) is 12.8 Å². The number of anilines is 1. The summed E-state index contributed by atoms with van der Waals surface area (Å²) in [5.41, 5.74) is 11.4. The van der Waals surface area contributed by atoms with Crippen molar-refractivity contribution in [1.29, 1.82) is 0 Å². The number of fused-ring (bicyclic) bond motifs is 1. The van der Waals surface area contributed by atoms with Crippen LogP contribution in [0.15, 0.2) is 18.2 Å². The van der Waals surface area contributed by atoms with Gasteiger partial charge in [0.25, 0.3) is 0 Å². The highest BCUT2D eigenvalue weighted by Gasteiger charge is 2.25. The third-order valence-corrected chi connectivity index (χ3v) is 5.25. The molecule has 0 spiro atoms. The molecule has 1 heterocycles. The Labute approximate surface area is 124 Å². The molecule has 20 heavy (non-hydrogen) atoms. The summed E-state index contributed by atoms with van der Waals surface area (Å²) in [6, 6.07) is 6.31. The first kappa shape index (κ1) is 13.5. The van der Waals surface area contributed by atoms with Crippen LogP contribution in [-0.4, -0.2) is 7.11 Å². The quantitative estimate of drug-likeness (QED) is 0.886. The summed E-state index contributed by atoms with van der Waals surface area (Å²) in [6.45, 7) is 4.44. The predicted octanol–water partition coefficient (Wildman–Crippen LogP) is 4.44. The minimum absolute atomic E-state index is 0.771. The Balaban J connectivity index is 2.18. The van der Waals surface area contributed by atoms with Crippen molar-refractivity contribution < 1.29 is 4.74 Å². The minimum atomic E-state index is 0.771. The van der Waals surface area contributed by atoms with Crippen molar-refractivity contribution in [2.24, 2.45) is 5.92 Å². The molecule has 1 aromatic heterocycles. The standard InChI is InChI=1S/C17H21NOS/c1-10-5-7-14(19-3)13(8-10)16-12-6-4-11(2)9-15(12)20-17(16)18/h5,7-8,11H,4,6,9,18H2,1-3H3. The van der Waals surface area contributed by atoms with Crippen molar-refractivity contribution in [1.82, 2.24) is 0 Å². The summed E-state index contributed by atoms with van der Waals surface area (Å²) in [5, 5.41) is 0.938. The highest BCUT2D eigenvalue weighted by Crippen LogP contribution is 2.46. The number of nitrogen functional groups attached to an aromatic ring is 1. The van der Waals surface area contributed by atoms with E-state index in [2.05, 4.69) is 26.0 Å². The van der Waals surface area contributed by atoms with Gasteiger partial charge in [-0.3, -0.25) is 0 Å². The van der Waals surface area contributed by atoms with Gasteiger partial charge in [0.15, 0.2) is 0 Å². The van der Waals surface area contributed by atoms with Gasteiger partial charge in [0.2, 0.25) is 0 Å². The van der Waals surface area contributed by atoms with E-state index in [9.17, 15) is 0 Å². The Kier molecular flexibility index (Phi) is 3.47. The second-order valence-corrected chi connectivity index (χ2v) is 6.93. The van der Waals surface area contributed by atoms with Gasteiger partial charge >= 0.3 is 0 Å². The SMILES string of the molecule is COc1ccc(C)cc1-c1c(N)sc2c1CCC(C)C2. The molecule has 106 valence electrons. The Bertz CT molecular complexity index is 645. The fourth-order valence-electron chi connectivity index (χ4n) is 3.08. The average molecular weight is 287 g/mol. The zero-order valence-electron chi connectivity index (χ0n) is 12.3. The van der Waals surface area contributed by atoms with E-state index in [1.54, 1.807) is 18.4 Å². The predicted molar refractivity (Wildman–Crippen MR) is 86.6 cm³/mol. The van der Waals surface area contributed by atoms with E-state index in [0.717, 1.165) is 28.7 Å². The van der Waals surface area contributed by atoms with Crippen LogP contribution in [0.1, 0.15) is 29.3 Å². The highest BCUT2D eigenvalue weighted by molar-refractivity contribution is 7.16. The van der Waals surface area contributed by atoms with E-state index in [4.69, 9.17) is 10.5 Å². The van der Waals surface area contributed by atoms with Crippen molar-refractivity contribution in [2.75, 3.05) is 12.8 Å². The highest BCUT2D eigenvalue weighted by atomic mass is 32.1. The van der Waals surface area contributed by atoms with E-state index in [1.807, 2.05) is 6.07 Å². The van der Waals surface area contributed by atoms with Crippen molar-refractivity contribution in [3.05, 3.63) is 34.2 Å². The Morgan fingerprint density at radius 2 is 2.15 bits per heavy atom. The molecule has 1 aromatic carbocycles. The molecule has 2 aromatic rings.